The number of hydrogen-bond acceptors (Lipinski definition) is 4. The van der Waals surface area contributed by atoms with E-state index < -0.39 is 12.4 Å². The van der Waals surface area contributed by atoms with E-state index in [2.05, 4.69) is 98.8 Å². The van der Waals surface area contributed by atoms with Crippen molar-refractivity contribution in [1.82, 2.24) is 0 Å². The molecule has 0 atom stereocenters. The van der Waals surface area contributed by atoms with Crippen LogP contribution in [-0.4, -0.2) is 41.3 Å². The monoisotopic (exact) mass is 894 g/mol. The lowest BCUT2D eigenvalue weighted by molar-refractivity contribution is -0.0328. The van der Waals surface area contributed by atoms with E-state index in [0.717, 1.165) is 105 Å². The normalized spacial score (nSPS) is 14.1. The molecule has 0 fully saturated rings. The van der Waals surface area contributed by atoms with Crippen LogP contribution >= 0.6 is 11.8 Å². The van der Waals surface area contributed by atoms with Crippen LogP contribution in [0.3, 0.4) is 0 Å². The minimum Gasteiger partial charge on any atom is -0.446 e. The van der Waals surface area contributed by atoms with Crippen molar-refractivity contribution in [2.45, 2.75) is 128 Å². The molecule has 6 aromatic rings. The summed E-state index contributed by atoms with van der Waals surface area (Å²) in [5, 5.41) is 30.3. The molecule has 3 aliphatic rings. The molecule has 65 heavy (non-hydrogen) atoms. The van der Waals surface area contributed by atoms with Crippen LogP contribution in [0.2, 0.25) is 19.0 Å². The van der Waals surface area contributed by atoms with Gasteiger partial charge in [0.25, 0.3) is 0 Å². The minimum atomic E-state index is -4.27. The maximum Gasteiger partial charge on any atom is 0.446 e. The molecule has 9 rings (SSSR count). The Kier molecular flexibility index (Phi) is 18.3. The third-order valence-electron chi connectivity index (χ3n) is 13.0. The second-order valence-electron chi connectivity index (χ2n) is 18.0. The summed E-state index contributed by atoms with van der Waals surface area (Å²) in [6.45, 7) is 3.34. The zero-order valence-electron chi connectivity index (χ0n) is 37.3. The number of thioether (sulfide) groups is 1. The summed E-state index contributed by atoms with van der Waals surface area (Å²) in [6.07, 6.45) is 14.5. The van der Waals surface area contributed by atoms with Crippen LogP contribution < -0.4 is 16.4 Å². The van der Waals surface area contributed by atoms with Crippen LogP contribution in [0.25, 0.3) is 0 Å². The van der Waals surface area contributed by atoms with Gasteiger partial charge in [-0.1, -0.05) is 176 Å². The number of hydrogen-bond donors (Lipinski definition) is 3. The van der Waals surface area contributed by atoms with Crippen molar-refractivity contribution in [3.63, 3.8) is 0 Å². The fourth-order valence-electron chi connectivity index (χ4n) is 9.35. The Bertz CT molecular complexity index is 2460. The zero-order chi connectivity index (χ0) is 45.1. The second kappa shape index (κ2) is 23.8. The number of benzene rings is 6. The number of aryl methyl sites for hydroxylation is 11. The van der Waals surface area contributed by atoms with Gasteiger partial charge in [-0.3, -0.25) is 0 Å². The van der Waals surface area contributed by atoms with E-state index in [1.165, 1.54) is 56.1 Å². The average Bonchev–Trinajstić information content (AvgIpc) is 3.28. The molecule has 0 aromatic heterocycles. The van der Waals surface area contributed by atoms with E-state index >= 15 is 0 Å². The minimum absolute atomic E-state index is 0. The topological polar surface area (TPSA) is 60.7 Å². The largest absolute Gasteiger partial charge is 0.446 e. The fourth-order valence-corrected chi connectivity index (χ4v) is 10.0. The van der Waals surface area contributed by atoms with Gasteiger partial charge in [-0.2, -0.15) is 13.2 Å². The van der Waals surface area contributed by atoms with Gasteiger partial charge in [0.2, 0.25) is 0 Å². The fraction of sp³-hybridized carbons (Fsp3) is 0.345. The quantitative estimate of drug-likeness (QED) is 0.0947. The summed E-state index contributed by atoms with van der Waals surface area (Å²) >= 11 is -0.0542. The molecule has 10 heteroatoms. The van der Waals surface area contributed by atoms with E-state index in [1.807, 2.05) is 18.2 Å². The molecule has 0 saturated heterocycles. The van der Waals surface area contributed by atoms with Crippen LogP contribution in [0.1, 0.15) is 87.9 Å². The Morgan fingerprint density at radius 3 is 1.34 bits per heavy atom. The highest BCUT2D eigenvalue weighted by Gasteiger charge is 2.30. The Morgan fingerprint density at radius 2 is 0.877 bits per heavy atom. The van der Waals surface area contributed by atoms with Crippen molar-refractivity contribution in [3.05, 3.63) is 189 Å². The molecule has 0 saturated carbocycles. The molecule has 0 spiro atoms. The molecule has 3 nitrogen and oxygen atoms in total. The smallest absolute Gasteiger partial charge is 0.446 e. The van der Waals surface area contributed by atoms with Crippen LogP contribution in [0, 0.1) is 13.8 Å². The standard InChI is InChI=1S/C18H18BF3OS.2C18H21BO.CH4/c20-18(21,22)24-17-6-2-1-4-15(17)10-8-13-7-9-14-5-3-11-19(23)16(14)12-13;1-14-4-2-5-15(12-14)7-8-16-9-10-17-6-3-11-19(20)18(17)13-16;1-14-4-6-15(7-5-14)8-9-16-10-11-17-3-2-12-19(20)18(17)13-16;/h1-2,4,6-7,9,12,23H,3,5,8,10-11H2;2,4-5,9-10,12-13,20H,3,6-8,11H2,1H3;4-7,10-11,13,20H,2-3,8-9,12H2,1H3;1H4. The van der Waals surface area contributed by atoms with Gasteiger partial charge in [-0.25, -0.2) is 0 Å². The van der Waals surface area contributed by atoms with Crippen molar-refractivity contribution in [2.75, 3.05) is 0 Å². The second-order valence-corrected chi connectivity index (χ2v) is 19.1. The highest BCUT2D eigenvalue weighted by molar-refractivity contribution is 8.00. The van der Waals surface area contributed by atoms with Gasteiger partial charge in [-0.15, -0.1) is 0 Å². The molecule has 338 valence electrons. The summed E-state index contributed by atoms with van der Waals surface area (Å²) in [4.78, 5) is 0.267. The SMILES string of the molecule is C.Cc1ccc(CCc2ccc3c(c2)B(O)CCC3)cc1.Cc1cccc(CCc2ccc3c(c2)B(O)CCC3)c1.OB1CCCc2ccc(CCc3ccccc3SC(F)(F)F)cc21. The number of halogens is 3. The first-order chi connectivity index (χ1) is 30.9. The third-order valence-corrected chi connectivity index (χ3v) is 13.8. The molecular formula is C55H64B3F3O3S. The molecule has 0 amide bonds. The van der Waals surface area contributed by atoms with Gasteiger partial charge in [0.15, 0.2) is 0 Å². The van der Waals surface area contributed by atoms with E-state index in [1.54, 1.807) is 18.2 Å². The van der Waals surface area contributed by atoms with Crippen molar-refractivity contribution >= 4 is 48.9 Å². The molecule has 3 heterocycles. The van der Waals surface area contributed by atoms with Gasteiger partial charge >= 0.3 is 26.3 Å². The van der Waals surface area contributed by atoms with Crippen molar-refractivity contribution in [1.29, 1.82) is 0 Å². The third kappa shape index (κ3) is 14.8. The highest BCUT2D eigenvalue weighted by Crippen LogP contribution is 2.38. The van der Waals surface area contributed by atoms with E-state index in [9.17, 15) is 28.2 Å². The van der Waals surface area contributed by atoms with Crippen molar-refractivity contribution in [3.8, 4) is 0 Å². The maximum atomic E-state index is 12.7. The van der Waals surface area contributed by atoms with Gasteiger partial charge in [-0.05, 0) is 158 Å². The number of fused-ring (bicyclic) bond motifs is 3. The van der Waals surface area contributed by atoms with Gasteiger partial charge in [0.05, 0.1) is 0 Å². The number of rotatable bonds is 10. The molecule has 3 aliphatic heterocycles. The van der Waals surface area contributed by atoms with Gasteiger partial charge in [0.1, 0.15) is 0 Å². The van der Waals surface area contributed by atoms with Gasteiger partial charge in [0, 0.05) is 4.90 Å². The first kappa shape index (κ1) is 50.0. The lowest BCUT2D eigenvalue weighted by Crippen LogP contribution is -2.36. The molecular weight excluding hydrogens is 830 g/mol. The Labute approximate surface area is 391 Å². The summed E-state index contributed by atoms with van der Waals surface area (Å²) in [7, 11) is 0. The van der Waals surface area contributed by atoms with Crippen molar-refractivity contribution in [2.24, 2.45) is 0 Å². The molecule has 0 aliphatic carbocycles. The summed E-state index contributed by atoms with van der Waals surface area (Å²) in [6, 6.07) is 43.5. The Hall–Kier alpha value is -4.47. The number of alkyl halides is 3. The average molecular weight is 895 g/mol. The van der Waals surface area contributed by atoms with Crippen molar-refractivity contribution < 1.29 is 28.2 Å². The van der Waals surface area contributed by atoms with Crippen LogP contribution in [0.15, 0.2) is 132 Å². The summed E-state index contributed by atoms with van der Waals surface area (Å²) in [5.41, 5.74) is 12.7. The van der Waals surface area contributed by atoms with Crippen LogP contribution in [-0.2, 0) is 57.8 Å². The molecule has 0 bridgehead atoms. The predicted molar refractivity (Wildman–Crippen MR) is 271 cm³/mol. The first-order valence-corrected chi connectivity index (χ1v) is 24.0. The molecule has 6 aromatic carbocycles. The summed E-state index contributed by atoms with van der Waals surface area (Å²) in [5.74, 6) is 0. The lowest BCUT2D eigenvalue weighted by atomic mass is 9.53. The first-order valence-electron chi connectivity index (χ1n) is 23.2. The summed E-state index contributed by atoms with van der Waals surface area (Å²) < 4.78 is 38.0. The van der Waals surface area contributed by atoms with Gasteiger partial charge < -0.3 is 15.1 Å². The molecule has 3 N–H and O–H groups in total. The predicted octanol–water partition coefficient (Wildman–Crippen LogP) is 10.7. The van der Waals surface area contributed by atoms with Crippen LogP contribution in [0.5, 0.6) is 0 Å². The van der Waals surface area contributed by atoms with Crippen LogP contribution in [0.4, 0.5) is 13.2 Å². The maximum absolute atomic E-state index is 12.7. The molecule has 0 unspecified atom stereocenters. The molecule has 0 radical (unpaired) electrons. The Balaban J connectivity index is 0.000000161. The van der Waals surface area contributed by atoms with E-state index in [-0.39, 0.29) is 37.9 Å². The Morgan fingerprint density at radius 1 is 0.462 bits per heavy atom. The highest BCUT2D eigenvalue weighted by atomic mass is 32.2. The lowest BCUT2D eigenvalue weighted by Gasteiger charge is -2.19. The van der Waals surface area contributed by atoms with E-state index in [0.29, 0.717) is 18.4 Å². The zero-order valence-corrected chi connectivity index (χ0v) is 38.2. The van der Waals surface area contributed by atoms with E-state index in [4.69, 9.17) is 0 Å².